The number of rotatable bonds is 23. The third-order valence-corrected chi connectivity index (χ3v) is 6.06. The maximum atomic E-state index is 13.3. The number of carboxylic acid groups (broad SMARTS) is 1. The van der Waals surface area contributed by atoms with Crippen molar-refractivity contribution in [2.75, 3.05) is 13.1 Å². The molecule has 0 aliphatic rings. The van der Waals surface area contributed by atoms with E-state index in [-0.39, 0.29) is 38.3 Å². The number of nitrogens with two attached hydrogens (primary N) is 6. The smallest absolute Gasteiger partial charge is 0.326 e. The molecule has 0 aromatic rings. The average molecular weight is 673 g/mol. The Labute approximate surface area is 268 Å². The number of amides is 7. The van der Waals surface area contributed by atoms with Crippen LogP contribution in [0.4, 0.5) is 0 Å². The van der Waals surface area contributed by atoms with Crippen LogP contribution in [0.2, 0.25) is 0 Å². The minimum Gasteiger partial charge on any atom is -0.480 e. The molecular weight excluding hydrogens is 628 g/mol. The Morgan fingerprint density at radius 2 is 0.872 bits per heavy atom. The van der Waals surface area contributed by atoms with Gasteiger partial charge in [-0.15, -0.1) is 0 Å². The molecule has 264 valence electrons. The van der Waals surface area contributed by atoms with Gasteiger partial charge >= 0.3 is 5.97 Å². The monoisotopic (exact) mass is 672 g/mol. The van der Waals surface area contributed by atoms with Crippen LogP contribution in [0.3, 0.4) is 0 Å². The van der Waals surface area contributed by atoms with Crippen molar-refractivity contribution in [3.05, 3.63) is 0 Å². The number of hydrogen-bond acceptors (Lipinski definition) is 11. The van der Waals surface area contributed by atoms with Gasteiger partial charge < -0.3 is 71.4 Å². The number of aliphatic carboxylic acids is 1. The first kappa shape index (κ1) is 41.3. The van der Waals surface area contributed by atoms with Gasteiger partial charge in [-0.1, -0.05) is 0 Å². The van der Waals surface area contributed by atoms with Gasteiger partial charge in [0.2, 0.25) is 41.4 Å². The Balaban J connectivity index is 5.98. The first-order valence-electron chi connectivity index (χ1n) is 14.0. The molecule has 47 heavy (non-hydrogen) atoms. The predicted octanol–water partition coefficient (Wildman–Crippen LogP) is -7.51. The Morgan fingerprint density at radius 1 is 0.532 bits per heavy atom. The van der Waals surface area contributed by atoms with E-state index >= 15 is 0 Å². The average Bonchev–Trinajstić information content (AvgIpc) is 2.94. The molecule has 21 N–H and O–H groups in total. The van der Waals surface area contributed by atoms with E-state index in [1.54, 1.807) is 0 Å². The summed E-state index contributed by atoms with van der Waals surface area (Å²) in [4.78, 5) is 98.0. The number of carbonyl (C=O) groups excluding carboxylic acids is 7. The summed E-state index contributed by atoms with van der Waals surface area (Å²) in [5.41, 5.74) is 31.7. The number of guanidine groups is 2. The lowest BCUT2D eigenvalue weighted by molar-refractivity contribution is -0.144. The van der Waals surface area contributed by atoms with Gasteiger partial charge in [-0.25, -0.2) is 4.79 Å². The standard InChI is InChI=1S/C24H44N14O9/c25-10(3-1-5-33-23(29)30)18(42)36-12(7-15(26)39)20(44)35-11(4-2-6-34-24(31)32)19(43)37-13(8-16(27)40)21(45)38-14(22(46)47)9-17(28)41/h10-14H,1-9,25H2,(H2,26,39)(H2,27,40)(H2,28,41)(H,35,44)(H,36,42)(H,37,43)(H,38,45)(H,46,47)(H4,29,30,33)(H4,31,32,34)/t10-,11-,12-,13-,14-/m0/s1. The molecule has 0 unspecified atom stereocenters. The van der Waals surface area contributed by atoms with Gasteiger partial charge in [-0.05, 0) is 25.7 Å². The highest BCUT2D eigenvalue weighted by atomic mass is 16.4. The van der Waals surface area contributed by atoms with Gasteiger partial charge in [0.15, 0.2) is 11.9 Å². The number of hydrogen-bond donors (Lipinski definition) is 15. The van der Waals surface area contributed by atoms with Gasteiger partial charge in [-0.3, -0.25) is 44.4 Å². The number of nitrogens with one attached hydrogen (secondary N) is 8. The van der Waals surface area contributed by atoms with Crippen LogP contribution in [0.5, 0.6) is 0 Å². The van der Waals surface area contributed by atoms with Crippen LogP contribution < -0.4 is 66.3 Å². The predicted molar refractivity (Wildman–Crippen MR) is 163 cm³/mol. The molecule has 0 aliphatic heterocycles. The van der Waals surface area contributed by atoms with E-state index in [1.165, 1.54) is 0 Å². The summed E-state index contributed by atoms with van der Waals surface area (Å²) in [7, 11) is 0. The van der Waals surface area contributed by atoms with E-state index < -0.39 is 103 Å². The van der Waals surface area contributed by atoms with Crippen molar-refractivity contribution in [1.29, 1.82) is 10.8 Å². The second-order valence-corrected chi connectivity index (χ2v) is 10.2. The highest BCUT2D eigenvalue weighted by Gasteiger charge is 2.33. The summed E-state index contributed by atoms with van der Waals surface area (Å²) in [5.74, 6) is -9.69. The first-order chi connectivity index (χ1) is 21.8. The molecule has 23 heteroatoms. The molecule has 7 amide bonds. The summed E-state index contributed by atoms with van der Waals surface area (Å²) in [6.07, 6.45) is -2.05. The van der Waals surface area contributed by atoms with E-state index in [1.807, 2.05) is 5.32 Å². The molecule has 0 heterocycles. The van der Waals surface area contributed by atoms with Crippen molar-refractivity contribution in [2.45, 2.75) is 75.2 Å². The van der Waals surface area contributed by atoms with Crippen LogP contribution in [-0.4, -0.2) is 108 Å². The van der Waals surface area contributed by atoms with Crippen LogP contribution in [0.1, 0.15) is 44.9 Å². The van der Waals surface area contributed by atoms with Gasteiger partial charge in [0.05, 0.1) is 25.3 Å². The fourth-order valence-electron chi connectivity index (χ4n) is 3.79. The Bertz CT molecular complexity index is 1200. The molecule has 0 rings (SSSR count). The highest BCUT2D eigenvalue weighted by Crippen LogP contribution is 2.05. The minimum absolute atomic E-state index is 0.0440. The summed E-state index contributed by atoms with van der Waals surface area (Å²) >= 11 is 0. The van der Waals surface area contributed by atoms with Crippen LogP contribution in [-0.2, 0) is 38.4 Å². The quantitative estimate of drug-likeness (QED) is 0.0272. The van der Waals surface area contributed by atoms with Crippen molar-refractivity contribution in [1.82, 2.24) is 31.9 Å². The molecule has 0 bridgehead atoms. The molecule has 0 aromatic heterocycles. The van der Waals surface area contributed by atoms with Crippen LogP contribution in [0, 0.1) is 10.8 Å². The van der Waals surface area contributed by atoms with E-state index in [0.29, 0.717) is 6.42 Å². The first-order valence-corrected chi connectivity index (χ1v) is 14.0. The van der Waals surface area contributed by atoms with E-state index in [9.17, 15) is 43.5 Å². The fraction of sp³-hybridized carbons (Fsp3) is 0.583. The van der Waals surface area contributed by atoms with Crippen LogP contribution >= 0.6 is 0 Å². The molecule has 0 spiro atoms. The lowest BCUT2D eigenvalue weighted by Crippen LogP contribution is -2.59. The lowest BCUT2D eigenvalue weighted by atomic mass is 10.1. The minimum atomic E-state index is -1.81. The Kier molecular flexibility index (Phi) is 18.5. The van der Waals surface area contributed by atoms with Gasteiger partial charge in [0.1, 0.15) is 24.2 Å². The second kappa shape index (κ2) is 21.1. The van der Waals surface area contributed by atoms with E-state index in [0.717, 1.165) is 0 Å². The normalized spacial score (nSPS) is 13.6. The van der Waals surface area contributed by atoms with Crippen molar-refractivity contribution < 1.29 is 43.5 Å². The van der Waals surface area contributed by atoms with Gasteiger partial charge in [-0.2, -0.15) is 0 Å². The molecule has 0 fully saturated rings. The van der Waals surface area contributed by atoms with E-state index in [2.05, 4.69) is 26.6 Å². The van der Waals surface area contributed by atoms with Crippen LogP contribution in [0.15, 0.2) is 0 Å². The van der Waals surface area contributed by atoms with Gasteiger partial charge in [0, 0.05) is 13.1 Å². The third-order valence-electron chi connectivity index (χ3n) is 6.06. The number of carbonyl (C=O) groups is 8. The second-order valence-electron chi connectivity index (χ2n) is 10.2. The van der Waals surface area contributed by atoms with Crippen LogP contribution in [0.25, 0.3) is 0 Å². The molecule has 0 radical (unpaired) electrons. The molecule has 0 saturated carbocycles. The molecule has 5 atom stereocenters. The summed E-state index contributed by atoms with van der Waals surface area (Å²) in [6.45, 7) is 0.274. The Hall–Kier alpha value is -5.74. The van der Waals surface area contributed by atoms with Crippen molar-refractivity contribution in [3.8, 4) is 0 Å². The largest absolute Gasteiger partial charge is 0.480 e. The fourth-order valence-corrected chi connectivity index (χ4v) is 3.79. The zero-order valence-corrected chi connectivity index (χ0v) is 25.4. The maximum Gasteiger partial charge on any atom is 0.326 e. The SMILES string of the molecule is N=C(N)NCCC[C@H](NC(=O)[C@H](CC(N)=O)NC(=O)[C@@H](N)CCCNC(=N)N)C(=O)N[C@@H](CC(N)=O)C(=O)N[C@@H](CC(N)=O)C(=O)O. The highest BCUT2D eigenvalue weighted by molar-refractivity contribution is 5.98. The van der Waals surface area contributed by atoms with E-state index in [4.69, 9.17) is 45.2 Å². The lowest BCUT2D eigenvalue weighted by Gasteiger charge is -2.26. The zero-order chi connectivity index (χ0) is 36.3. The molecule has 23 nitrogen and oxygen atoms in total. The summed E-state index contributed by atoms with van der Waals surface area (Å²) < 4.78 is 0. The third kappa shape index (κ3) is 18.6. The maximum absolute atomic E-state index is 13.3. The molecular formula is C24H44N14O9. The molecule has 0 aliphatic carbocycles. The van der Waals surface area contributed by atoms with Crippen molar-refractivity contribution in [3.63, 3.8) is 0 Å². The summed E-state index contributed by atoms with van der Waals surface area (Å²) in [5, 5.41) is 37.4. The number of carboxylic acids is 1. The topological polar surface area (TPSA) is 433 Å². The zero-order valence-electron chi connectivity index (χ0n) is 25.4. The Morgan fingerprint density at radius 3 is 1.28 bits per heavy atom. The molecule has 0 aromatic carbocycles. The van der Waals surface area contributed by atoms with Crippen molar-refractivity contribution in [2.24, 2.45) is 34.4 Å². The molecule has 0 saturated heterocycles. The summed E-state index contributed by atoms with van der Waals surface area (Å²) in [6, 6.07) is -7.86. The van der Waals surface area contributed by atoms with Gasteiger partial charge in [0.25, 0.3) is 0 Å². The number of primary amides is 3. The van der Waals surface area contributed by atoms with Crippen molar-refractivity contribution >= 4 is 59.2 Å².